The molecule has 0 aromatic heterocycles. The molecule has 1 unspecified atom stereocenters. The largest absolute Gasteiger partial charge is 0.496 e. The predicted molar refractivity (Wildman–Crippen MR) is 94.2 cm³/mol. The molecule has 23 heavy (non-hydrogen) atoms. The summed E-state index contributed by atoms with van der Waals surface area (Å²) in [6.45, 7) is 3.32. The monoisotopic (exact) mass is 353 g/mol. The summed E-state index contributed by atoms with van der Waals surface area (Å²) in [6.07, 6.45) is 2.38. The third-order valence-corrected chi connectivity index (χ3v) is 5.06. The van der Waals surface area contributed by atoms with Gasteiger partial charge in [-0.25, -0.2) is 0 Å². The third-order valence-electron chi connectivity index (χ3n) is 4.61. The highest BCUT2D eigenvalue weighted by atomic mass is 35.5. The van der Waals surface area contributed by atoms with Gasteiger partial charge in [0.15, 0.2) is 5.11 Å². The highest BCUT2D eigenvalue weighted by Crippen LogP contribution is 2.27. The summed E-state index contributed by atoms with van der Waals surface area (Å²) < 4.78 is 5.20. The van der Waals surface area contributed by atoms with Gasteiger partial charge in [-0.2, -0.15) is 0 Å². The Morgan fingerprint density at radius 1 is 1.39 bits per heavy atom. The molecule has 5 nitrogen and oxygen atoms in total. The average Bonchev–Trinajstić information content (AvgIpc) is 2.55. The van der Waals surface area contributed by atoms with Crippen LogP contribution in [0, 0.1) is 5.92 Å². The molecule has 3 fully saturated rings. The molecule has 3 aliphatic rings. The highest BCUT2D eigenvalue weighted by Gasteiger charge is 2.34. The van der Waals surface area contributed by atoms with E-state index < -0.39 is 0 Å². The number of hydrogen-bond donors (Lipinski definition) is 2. The van der Waals surface area contributed by atoms with Crippen LogP contribution < -0.4 is 15.4 Å². The quantitative estimate of drug-likeness (QED) is 0.814. The van der Waals surface area contributed by atoms with Gasteiger partial charge in [0.2, 0.25) is 0 Å². The van der Waals surface area contributed by atoms with E-state index >= 15 is 0 Å². The maximum atomic E-state index is 12.4. The van der Waals surface area contributed by atoms with Gasteiger partial charge in [0.25, 0.3) is 5.91 Å². The number of halogens is 1. The van der Waals surface area contributed by atoms with Crippen molar-refractivity contribution in [1.82, 2.24) is 15.5 Å². The fourth-order valence-electron chi connectivity index (χ4n) is 3.36. The first kappa shape index (κ1) is 16.5. The van der Waals surface area contributed by atoms with Crippen molar-refractivity contribution in [3.05, 3.63) is 28.8 Å². The normalized spacial score (nSPS) is 25.7. The fourth-order valence-corrected chi connectivity index (χ4v) is 3.78. The number of benzene rings is 1. The van der Waals surface area contributed by atoms with E-state index in [4.69, 9.17) is 28.6 Å². The van der Waals surface area contributed by atoms with Gasteiger partial charge in [-0.1, -0.05) is 11.6 Å². The number of nitrogens with one attached hydrogen (secondary N) is 2. The molecule has 2 N–H and O–H groups in total. The molecule has 0 radical (unpaired) electrons. The summed E-state index contributed by atoms with van der Waals surface area (Å²) in [7, 11) is 1.52. The van der Waals surface area contributed by atoms with E-state index in [0.717, 1.165) is 6.54 Å². The first-order valence-electron chi connectivity index (χ1n) is 7.74. The van der Waals surface area contributed by atoms with Crippen LogP contribution in [0.1, 0.15) is 23.2 Å². The van der Waals surface area contributed by atoms with Crippen LogP contribution in [-0.4, -0.2) is 48.7 Å². The molecule has 124 valence electrons. The SMILES string of the molecule is COc1ccc(Cl)cc1C(=O)NC(=S)NC1CN2CCC1CC2. The molecule has 1 amide bonds. The van der Waals surface area contributed by atoms with Crippen LogP contribution in [-0.2, 0) is 0 Å². The zero-order valence-corrected chi connectivity index (χ0v) is 14.5. The van der Waals surface area contributed by atoms with E-state index in [1.807, 2.05) is 0 Å². The van der Waals surface area contributed by atoms with Crippen molar-refractivity contribution in [2.75, 3.05) is 26.7 Å². The van der Waals surface area contributed by atoms with Crippen molar-refractivity contribution in [2.24, 2.45) is 5.92 Å². The number of amides is 1. The number of thiocarbonyl (C=S) groups is 1. The Balaban J connectivity index is 1.61. The topological polar surface area (TPSA) is 53.6 Å². The number of hydrogen-bond acceptors (Lipinski definition) is 4. The Hall–Kier alpha value is -1.37. The maximum Gasteiger partial charge on any atom is 0.261 e. The molecule has 1 atom stereocenters. The Kier molecular flexibility index (Phi) is 5.04. The van der Waals surface area contributed by atoms with E-state index in [1.54, 1.807) is 18.2 Å². The number of nitrogens with zero attached hydrogens (tertiary/aromatic N) is 1. The minimum Gasteiger partial charge on any atom is -0.496 e. The number of fused-ring (bicyclic) bond motifs is 3. The van der Waals surface area contributed by atoms with Gasteiger partial charge in [0, 0.05) is 17.6 Å². The minimum absolute atomic E-state index is 0.312. The van der Waals surface area contributed by atoms with E-state index in [0.29, 0.717) is 33.4 Å². The van der Waals surface area contributed by atoms with Crippen molar-refractivity contribution < 1.29 is 9.53 Å². The second-order valence-electron chi connectivity index (χ2n) is 6.02. The van der Waals surface area contributed by atoms with Gasteiger partial charge in [-0.15, -0.1) is 0 Å². The molecule has 7 heteroatoms. The van der Waals surface area contributed by atoms with E-state index in [2.05, 4.69) is 15.5 Å². The van der Waals surface area contributed by atoms with Crippen molar-refractivity contribution in [3.63, 3.8) is 0 Å². The summed E-state index contributed by atoms with van der Waals surface area (Å²) >= 11 is 11.3. The predicted octanol–water partition coefficient (Wildman–Crippen LogP) is 2.05. The van der Waals surface area contributed by atoms with E-state index in [9.17, 15) is 4.79 Å². The molecule has 1 aromatic rings. The lowest BCUT2D eigenvalue weighted by molar-refractivity contribution is 0.0807. The molecular formula is C16H20ClN3O2S. The number of methoxy groups -OCH3 is 1. The fraction of sp³-hybridized carbons (Fsp3) is 0.500. The molecule has 3 heterocycles. The lowest BCUT2D eigenvalue weighted by atomic mass is 9.84. The molecule has 3 saturated heterocycles. The summed E-state index contributed by atoms with van der Waals surface area (Å²) in [5, 5.41) is 6.85. The number of ether oxygens (including phenoxy) is 1. The van der Waals surface area contributed by atoms with Crippen LogP contribution in [0.5, 0.6) is 5.75 Å². The third kappa shape index (κ3) is 3.76. The van der Waals surface area contributed by atoms with Crippen molar-refractivity contribution in [1.29, 1.82) is 0 Å². The molecule has 1 aromatic carbocycles. The maximum absolute atomic E-state index is 12.4. The first-order chi connectivity index (χ1) is 11.1. The van der Waals surface area contributed by atoms with Crippen molar-refractivity contribution in [3.8, 4) is 5.75 Å². The molecule has 2 bridgehead atoms. The number of carbonyl (C=O) groups excluding carboxylic acids is 1. The summed E-state index contributed by atoms with van der Waals surface area (Å²) in [5.74, 6) is 0.788. The lowest BCUT2D eigenvalue weighted by Crippen LogP contribution is -2.59. The van der Waals surface area contributed by atoms with Crippen molar-refractivity contribution in [2.45, 2.75) is 18.9 Å². The van der Waals surface area contributed by atoms with E-state index in [1.165, 1.54) is 33.0 Å². The summed E-state index contributed by atoms with van der Waals surface area (Å²) in [6, 6.07) is 5.24. The molecular weight excluding hydrogens is 334 g/mol. The second kappa shape index (κ2) is 7.03. The van der Waals surface area contributed by atoms with Gasteiger partial charge in [0.1, 0.15) is 5.75 Å². The van der Waals surface area contributed by atoms with Crippen molar-refractivity contribution >= 4 is 34.8 Å². The summed E-state index contributed by atoms with van der Waals surface area (Å²) in [4.78, 5) is 14.8. The molecule has 3 aliphatic heterocycles. The van der Waals surface area contributed by atoms with Gasteiger partial charge >= 0.3 is 0 Å². The van der Waals surface area contributed by atoms with Gasteiger partial charge in [0.05, 0.1) is 12.7 Å². The Morgan fingerprint density at radius 2 is 2.13 bits per heavy atom. The Labute approximate surface area is 146 Å². The minimum atomic E-state index is -0.317. The van der Waals surface area contributed by atoms with E-state index in [-0.39, 0.29) is 5.91 Å². The standard InChI is InChI=1S/C16H20ClN3O2S/c1-22-14-3-2-11(17)8-12(14)15(21)19-16(23)18-13-9-20-6-4-10(13)5-7-20/h2-3,8,10,13H,4-7,9H2,1H3,(H2,18,19,21,23). The van der Waals surface area contributed by atoms with Crippen LogP contribution in [0.3, 0.4) is 0 Å². The van der Waals surface area contributed by atoms with Gasteiger partial charge < -0.3 is 15.0 Å². The Bertz CT molecular complexity index is 617. The second-order valence-corrected chi connectivity index (χ2v) is 6.86. The van der Waals surface area contributed by atoms with Crippen LogP contribution in [0.25, 0.3) is 0 Å². The van der Waals surface area contributed by atoms with Crippen LogP contribution in [0.2, 0.25) is 5.02 Å². The molecule has 4 rings (SSSR count). The number of rotatable bonds is 3. The van der Waals surface area contributed by atoms with Crippen LogP contribution in [0.15, 0.2) is 18.2 Å². The molecule has 0 spiro atoms. The van der Waals surface area contributed by atoms with Crippen LogP contribution >= 0.6 is 23.8 Å². The smallest absolute Gasteiger partial charge is 0.261 e. The molecule has 0 saturated carbocycles. The lowest BCUT2D eigenvalue weighted by Gasteiger charge is -2.45. The Morgan fingerprint density at radius 3 is 2.74 bits per heavy atom. The molecule has 0 aliphatic carbocycles. The summed E-state index contributed by atoms with van der Waals surface area (Å²) in [5.41, 5.74) is 0.373. The zero-order valence-electron chi connectivity index (χ0n) is 13.0. The first-order valence-corrected chi connectivity index (χ1v) is 8.53. The number of piperidine rings is 3. The van der Waals surface area contributed by atoms with Gasteiger partial charge in [-0.05, 0) is 62.3 Å². The number of carbonyl (C=O) groups is 1. The van der Waals surface area contributed by atoms with Crippen LogP contribution in [0.4, 0.5) is 0 Å². The highest BCUT2D eigenvalue weighted by molar-refractivity contribution is 7.80. The van der Waals surface area contributed by atoms with Gasteiger partial charge in [-0.3, -0.25) is 10.1 Å². The zero-order chi connectivity index (χ0) is 16.4. The average molecular weight is 354 g/mol.